The van der Waals surface area contributed by atoms with Crippen molar-refractivity contribution < 1.29 is 13.5 Å². The molecular formula is C15H28BrN5O3S. The van der Waals surface area contributed by atoms with Crippen molar-refractivity contribution in [3.8, 4) is 0 Å². The summed E-state index contributed by atoms with van der Waals surface area (Å²) in [6.07, 6.45) is 4.30. The summed E-state index contributed by atoms with van der Waals surface area (Å²) in [5, 5.41) is 15.5. The Morgan fingerprint density at radius 2 is 2.00 bits per heavy atom. The molecule has 0 radical (unpaired) electrons. The molecule has 10 heteroatoms. The van der Waals surface area contributed by atoms with E-state index < -0.39 is 10.0 Å². The molecule has 0 unspecified atom stereocenters. The Bertz CT molecular complexity index is 636. The molecule has 0 aromatic carbocycles. The number of aromatic nitrogens is 2. The van der Waals surface area contributed by atoms with Crippen LogP contribution in [-0.2, 0) is 10.0 Å². The van der Waals surface area contributed by atoms with Crippen molar-refractivity contribution in [2.45, 2.75) is 45.7 Å². The highest BCUT2D eigenvalue weighted by Gasteiger charge is 2.25. The lowest BCUT2D eigenvalue weighted by molar-refractivity contribution is 0.281. The van der Waals surface area contributed by atoms with Gasteiger partial charge in [-0.1, -0.05) is 13.8 Å². The van der Waals surface area contributed by atoms with Gasteiger partial charge in [0, 0.05) is 31.4 Å². The van der Waals surface area contributed by atoms with E-state index in [0.29, 0.717) is 37.7 Å². The van der Waals surface area contributed by atoms with Gasteiger partial charge in [0.2, 0.25) is 16.0 Å². The fraction of sp³-hybridized carbons (Fsp3) is 0.733. The largest absolute Gasteiger partial charge is 0.394 e. The third-order valence-electron chi connectivity index (χ3n) is 3.66. The van der Waals surface area contributed by atoms with E-state index in [1.807, 2.05) is 20.8 Å². The summed E-state index contributed by atoms with van der Waals surface area (Å²) in [5.41, 5.74) is 0. The average Bonchev–Trinajstić information content (AvgIpc) is 2.59. The van der Waals surface area contributed by atoms with E-state index in [1.165, 1.54) is 10.6 Å². The Morgan fingerprint density at radius 1 is 1.40 bits per heavy atom. The van der Waals surface area contributed by atoms with Gasteiger partial charge in [0.15, 0.2) is 0 Å². The first kappa shape index (κ1) is 22.1. The van der Waals surface area contributed by atoms with Crippen LogP contribution in [0.5, 0.6) is 0 Å². The zero-order valence-electron chi connectivity index (χ0n) is 15.2. The van der Waals surface area contributed by atoms with Gasteiger partial charge in [0.05, 0.1) is 17.3 Å². The molecule has 1 atom stereocenters. The van der Waals surface area contributed by atoms with E-state index in [0.717, 1.165) is 4.47 Å². The lowest BCUT2D eigenvalue weighted by atomic mass is 10.1. The van der Waals surface area contributed by atoms with E-state index in [9.17, 15) is 8.42 Å². The number of aliphatic hydroxyl groups is 1. The molecule has 1 aliphatic heterocycles. The summed E-state index contributed by atoms with van der Waals surface area (Å²) in [6.45, 7) is 6.85. The molecule has 144 valence electrons. The molecule has 3 N–H and O–H groups in total. The van der Waals surface area contributed by atoms with Crippen molar-refractivity contribution in [1.82, 2.24) is 14.3 Å². The topological polar surface area (TPSA) is 107 Å². The number of aliphatic hydroxyl groups excluding tert-OH is 1. The van der Waals surface area contributed by atoms with Crippen LogP contribution in [0, 0.1) is 0 Å². The molecule has 2 heterocycles. The molecule has 1 aromatic heterocycles. The number of piperidine rings is 1. The minimum absolute atomic E-state index is 0.00313. The highest BCUT2D eigenvalue weighted by Crippen LogP contribution is 2.22. The van der Waals surface area contributed by atoms with Crippen molar-refractivity contribution in [3.63, 3.8) is 0 Å². The van der Waals surface area contributed by atoms with E-state index in [1.54, 1.807) is 6.20 Å². The van der Waals surface area contributed by atoms with Crippen molar-refractivity contribution in [2.75, 3.05) is 36.6 Å². The molecule has 0 saturated carbocycles. The van der Waals surface area contributed by atoms with Crippen LogP contribution in [-0.4, -0.2) is 65.8 Å². The maximum atomic E-state index is 11.5. The van der Waals surface area contributed by atoms with Gasteiger partial charge in [0.1, 0.15) is 5.82 Å². The van der Waals surface area contributed by atoms with Crippen molar-refractivity contribution >= 4 is 37.7 Å². The summed E-state index contributed by atoms with van der Waals surface area (Å²) in [6, 6.07) is 0.0179. The smallest absolute Gasteiger partial charge is 0.224 e. The molecule has 0 spiro atoms. The van der Waals surface area contributed by atoms with Gasteiger partial charge in [0.25, 0.3) is 0 Å². The average molecular weight is 438 g/mol. The predicted molar refractivity (Wildman–Crippen MR) is 104 cm³/mol. The van der Waals surface area contributed by atoms with Crippen LogP contribution < -0.4 is 10.6 Å². The number of nitrogens with zero attached hydrogens (tertiary/aromatic N) is 3. The number of sulfonamides is 1. The second-order valence-electron chi connectivity index (χ2n) is 5.70. The third kappa shape index (κ3) is 7.04. The van der Waals surface area contributed by atoms with Gasteiger partial charge in [-0.3, -0.25) is 0 Å². The molecule has 1 aromatic rings. The fourth-order valence-corrected chi connectivity index (χ4v) is 3.51. The maximum absolute atomic E-state index is 11.5. The fourth-order valence-electron chi connectivity index (χ4n) is 2.33. The van der Waals surface area contributed by atoms with Crippen molar-refractivity contribution in [1.29, 1.82) is 0 Å². The van der Waals surface area contributed by atoms with E-state index in [-0.39, 0.29) is 18.7 Å². The molecule has 25 heavy (non-hydrogen) atoms. The van der Waals surface area contributed by atoms with Crippen LogP contribution in [0.2, 0.25) is 0 Å². The van der Waals surface area contributed by atoms with Gasteiger partial charge in [-0.25, -0.2) is 17.7 Å². The van der Waals surface area contributed by atoms with Gasteiger partial charge in [-0.2, -0.15) is 4.98 Å². The Morgan fingerprint density at radius 3 is 2.52 bits per heavy atom. The summed E-state index contributed by atoms with van der Waals surface area (Å²) >= 11 is 3.37. The van der Waals surface area contributed by atoms with Crippen LogP contribution >= 0.6 is 15.9 Å². The van der Waals surface area contributed by atoms with E-state index >= 15 is 0 Å². The minimum Gasteiger partial charge on any atom is -0.394 e. The summed E-state index contributed by atoms with van der Waals surface area (Å²) < 4.78 is 25.2. The number of anilines is 2. The van der Waals surface area contributed by atoms with E-state index in [4.69, 9.17) is 5.11 Å². The quantitative estimate of drug-likeness (QED) is 0.623. The number of hydrogen-bond acceptors (Lipinski definition) is 7. The first-order valence-electron chi connectivity index (χ1n) is 8.41. The first-order valence-corrected chi connectivity index (χ1v) is 11.1. The Balaban J connectivity index is 0.00000151. The summed E-state index contributed by atoms with van der Waals surface area (Å²) in [5.74, 6) is 1.09. The van der Waals surface area contributed by atoms with E-state index in [2.05, 4.69) is 36.5 Å². The lowest BCUT2D eigenvalue weighted by Crippen LogP contribution is -2.42. The van der Waals surface area contributed by atoms with Crippen molar-refractivity contribution in [2.24, 2.45) is 0 Å². The zero-order chi connectivity index (χ0) is 19.0. The van der Waals surface area contributed by atoms with Crippen LogP contribution in [0.15, 0.2) is 10.7 Å². The number of hydrogen-bond donors (Lipinski definition) is 3. The molecule has 8 nitrogen and oxygen atoms in total. The molecule has 1 aliphatic rings. The van der Waals surface area contributed by atoms with Crippen LogP contribution in [0.3, 0.4) is 0 Å². The molecule has 0 amide bonds. The summed E-state index contributed by atoms with van der Waals surface area (Å²) in [4.78, 5) is 8.63. The highest BCUT2D eigenvalue weighted by molar-refractivity contribution is 9.10. The second kappa shape index (κ2) is 10.2. The number of nitrogens with one attached hydrogen (secondary N) is 2. The van der Waals surface area contributed by atoms with Crippen molar-refractivity contribution in [3.05, 3.63) is 10.7 Å². The van der Waals surface area contributed by atoms with Gasteiger partial charge >= 0.3 is 0 Å². The third-order valence-corrected chi connectivity index (χ3v) is 5.54. The SMILES string of the molecule is CC.C[C@@H](CO)Nc1nc(NC2CCN(S(C)(=O)=O)CC2)ncc1Br. The predicted octanol–water partition coefficient (Wildman–Crippen LogP) is 1.89. The first-order chi connectivity index (χ1) is 11.8. The second-order valence-corrected chi connectivity index (χ2v) is 8.54. The minimum atomic E-state index is -3.12. The number of halogens is 1. The van der Waals surface area contributed by atoms with Gasteiger partial charge < -0.3 is 15.7 Å². The molecular weight excluding hydrogens is 410 g/mol. The molecule has 1 saturated heterocycles. The standard InChI is InChI=1S/C13H22BrN5O3S.C2H6/c1-9(8-20)16-12-11(14)7-15-13(18-12)17-10-3-5-19(6-4-10)23(2,21)22;1-2/h7,9-10,20H,3-6,8H2,1-2H3,(H2,15,16,17,18);1-2H3/t9-;/m0./s1. The normalized spacial score (nSPS) is 17.4. The zero-order valence-corrected chi connectivity index (χ0v) is 17.6. The number of rotatable bonds is 6. The molecule has 2 rings (SSSR count). The molecule has 1 fully saturated rings. The summed E-state index contributed by atoms with van der Waals surface area (Å²) in [7, 11) is -3.12. The molecule has 0 aliphatic carbocycles. The maximum Gasteiger partial charge on any atom is 0.224 e. The van der Waals surface area contributed by atoms with Crippen LogP contribution in [0.25, 0.3) is 0 Å². The van der Waals surface area contributed by atoms with Crippen LogP contribution in [0.1, 0.15) is 33.6 Å². The monoisotopic (exact) mass is 437 g/mol. The molecule has 0 bridgehead atoms. The Kier molecular flexibility index (Phi) is 9.04. The lowest BCUT2D eigenvalue weighted by Gasteiger charge is -2.30. The van der Waals surface area contributed by atoms with Crippen LogP contribution in [0.4, 0.5) is 11.8 Å². The Labute approximate surface area is 158 Å². The van der Waals surface area contributed by atoms with Gasteiger partial charge in [-0.05, 0) is 35.7 Å². The highest BCUT2D eigenvalue weighted by atomic mass is 79.9. The Hall–Kier alpha value is -0.970. The van der Waals surface area contributed by atoms with Gasteiger partial charge in [-0.15, -0.1) is 0 Å².